The van der Waals surface area contributed by atoms with Crippen molar-refractivity contribution >= 4 is 23.7 Å². The smallest absolute Gasteiger partial charge is 0.283 e. The maximum atomic E-state index is 10.9. The molecule has 92 valence electrons. The predicted molar refractivity (Wildman–Crippen MR) is 68.6 cm³/mol. The first-order valence-corrected chi connectivity index (χ1v) is 6.24. The molecule has 0 N–H and O–H groups in total. The highest BCUT2D eigenvalue weighted by atomic mass is 32.2. The minimum absolute atomic E-state index is 0.00657. The fraction of sp³-hybridized carbons (Fsp3) is 0.417. The summed E-state index contributed by atoms with van der Waals surface area (Å²) >= 11 is 1.47. The highest BCUT2D eigenvalue weighted by Gasteiger charge is 2.18. The number of hydrogen-bond acceptors (Lipinski definition) is 4. The number of carbonyl (C=O) groups is 1. The van der Waals surface area contributed by atoms with Crippen molar-refractivity contribution < 1.29 is 9.72 Å². The Morgan fingerprint density at radius 3 is 2.47 bits per heavy atom. The molecule has 17 heavy (non-hydrogen) atoms. The Hall–Kier alpha value is -1.36. The number of thioether (sulfide) groups is 1. The van der Waals surface area contributed by atoms with E-state index in [0.717, 1.165) is 0 Å². The quantitative estimate of drug-likeness (QED) is 0.348. The molecule has 0 heterocycles. The Labute approximate surface area is 105 Å². The van der Waals surface area contributed by atoms with E-state index in [1.807, 2.05) is 6.92 Å². The number of rotatable bonds is 5. The first kappa shape index (κ1) is 13.7. The molecule has 0 aliphatic heterocycles. The molecule has 1 aromatic carbocycles. The third kappa shape index (κ3) is 3.56. The number of nitro groups is 1. The van der Waals surface area contributed by atoms with E-state index in [9.17, 15) is 14.9 Å². The maximum Gasteiger partial charge on any atom is 0.283 e. The summed E-state index contributed by atoms with van der Waals surface area (Å²) < 4.78 is 0. The average Bonchev–Trinajstić information content (AvgIpc) is 2.29. The fourth-order valence-electron chi connectivity index (χ4n) is 1.19. The van der Waals surface area contributed by atoms with Gasteiger partial charge in [0.1, 0.15) is 6.29 Å². The van der Waals surface area contributed by atoms with Gasteiger partial charge in [-0.15, -0.1) is 11.8 Å². The van der Waals surface area contributed by atoms with Crippen molar-refractivity contribution in [1.29, 1.82) is 0 Å². The molecule has 0 spiro atoms. The van der Waals surface area contributed by atoms with Crippen molar-refractivity contribution in [3.63, 3.8) is 0 Å². The number of nitrogens with zero attached hydrogens (tertiary/aromatic N) is 1. The van der Waals surface area contributed by atoms with Gasteiger partial charge < -0.3 is 0 Å². The first-order valence-electron chi connectivity index (χ1n) is 5.36. The SMILES string of the molecule is CC(C)C(C)Sc1ccc(C=O)cc1[N+](=O)[O-]. The number of hydrogen-bond donors (Lipinski definition) is 0. The zero-order chi connectivity index (χ0) is 13.0. The predicted octanol–water partition coefficient (Wildman–Crippen LogP) is 3.54. The number of nitro benzene ring substituents is 1. The molecule has 1 rings (SSSR count). The second kappa shape index (κ2) is 5.82. The monoisotopic (exact) mass is 253 g/mol. The molecule has 0 amide bonds. The second-order valence-corrected chi connectivity index (χ2v) is 5.59. The molecule has 0 aliphatic rings. The maximum absolute atomic E-state index is 10.9. The Morgan fingerprint density at radius 2 is 2.00 bits per heavy atom. The lowest BCUT2D eigenvalue weighted by molar-refractivity contribution is -0.387. The van der Waals surface area contributed by atoms with Gasteiger partial charge in [0.2, 0.25) is 0 Å². The summed E-state index contributed by atoms with van der Waals surface area (Å²) in [5.41, 5.74) is 0.338. The van der Waals surface area contributed by atoms with Crippen LogP contribution in [0.2, 0.25) is 0 Å². The third-order valence-corrected chi connectivity index (χ3v) is 4.08. The second-order valence-electron chi connectivity index (χ2n) is 4.17. The lowest BCUT2D eigenvalue weighted by Crippen LogP contribution is -2.06. The summed E-state index contributed by atoms with van der Waals surface area (Å²) in [5.74, 6) is 0.436. The minimum atomic E-state index is -0.442. The van der Waals surface area contributed by atoms with E-state index >= 15 is 0 Å². The van der Waals surface area contributed by atoms with E-state index < -0.39 is 4.92 Å². The Balaban J connectivity index is 3.06. The normalized spacial score (nSPS) is 12.5. The van der Waals surface area contributed by atoms with Crippen LogP contribution in [0.4, 0.5) is 5.69 Å². The molecule has 0 saturated heterocycles. The number of aldehydes is 1. The van der Waals surface area contributed by atoms with Crippen LogP contribution < -0.4 is 0 Å². The number of carbonyl (C=O) groups excluding carboxylic acids is 1. The molecular formula is C12H15NO3S. The van der Waals surface area contributed by atoms with Gasteiger partial charge in [0.15, 0.2) is 0 Å². The van der Waals surface area contributed by atoms with Crippen LogP contribution in [0.5, 0.6) is 0 Å². The molecule has 1 atom stereocenters. The van der Waals surface area contributed by atoms with Gasteiger partial charge in [-0.05, 0) is 12.0 Å². The van der Waals surface area contributed by atoms with Crippen LogP contribution in [0.1, 0.15) is 31.1 Å². The van der Waals surface area contributed by atoms with E-state index in [1.54, 1.807) is 12.1 Å². The lowest BCUT2D eigenvalue weighted by atomic mass is 10.2. The summed E-state index contributed by atoms with van der Waals surface area (Å²) in [4.78, 5) is 21.7. The molecule has 0 saturated carbocycles. The van der Waals surface area contributed by atoms with Crippen molar-refractivity contribution in [3.8, 4) is 0 Å². The molecule has 0 radical (unpaired) electrons. The van der Waals surface area contributed by atoms with Crippen LogP contribution in [0, 0.1) is 16.0 Å². The van der Waals surface area contributed by atoms with E-state index in [1.165, 1.54) is 17.8 Å². The van der Waals surface area contributed by atoms with E-state index in [2.05, 4.69) is 13.8 Å². The van der Waals surface area contributed by atoms with Gasteiger partial charge in [0.25, 0.3) is 5.69 Å². The van der Waals surface area contributed by atoms with E-state index in [4.69, 9.17) is 0 Å². The molecule has 0 fully saturated rings. The van der Waals surface area contributed by atoms with Crippen LogP contribution >= 0.6 is 11.8 Å². The van der Waals surface area contributed by atoms with Crippen LogP contribution in [0.15, 0.2) is 23.1 Å². The summed E-state index contributed by atoms with van der Waals surface area (Å²) in [6.07, 6.45) is 0.618. The summed E-state index contributed by atoms with van der Waals surface area (Å²) in [6, 6.07) is 4.57. The minimum Gasteiger partial charge on any atom is -0.298 e. The molecule has 1 unspecified atom stereocenters. The Bertz CT molecular complexity index is 432. The largest absolute Gasteiger partial charge is 0.298 e. The van der Waals surface area contributed by atoms with Gasteiger partial charge in [-0.25, -0.2) is 0 Å². The van der Waals surface area contributed by atoms with Crippen LogP contribution in [0.25, 0.3) is 0 Å². The van der Waals surface area contributed by atoms with E-state index in [0.29, 0.717) is 22.7 Å². The van der Waals surface area contributed by atoms with Gasteiger partial charge in [-0.2, -0.15) is 0 Å². The zero-order valence-corrected chi connectivity index (χ0v) is 10.9. The van der Waals surface area contributed by atoms with Gasteiger partial charge in [-0.3, -0.25) is 14.9 Å². The average molecular weight is 253 g/mol. The van der Waals surface area contributed by atoms with Crippen molar-refractivity contribution in [2.24, 2.45) is 5.92 Å². The van der Waals surface area contributed by atoms with Crippen molar-refractivity contribution in [3.05, 3.63) is 33.9 Å². The molecule has 4 nitrogen and oxygen atoms in total. The number of benzene rings is 1. The van der Waals surface area contributed by atoms with Crippen molar-refractivity contribution in [1.82, 2.24) is 0 Å². The summed E-state index contributed by atoms with van der Waals surface area (Å²) in [7, 11) is 0. The highest BCUT2D eigenvalue weighted by molar-refractivity contribution is 8.00. The topological polar surface area (TPSA) is 60.2 Å². The Morgan fingerprint density at radius 1 is 1.35 bits per heavy atom. The third-order valence-electron chi connectivity index (χ3n) is 2.57. The van der Waals surface area contributed by atoms with Crippen LogP contribution in [-0.4, -0.2) is 16.5 Å². The van der Waals surface area contributed by atoms with Crippen LogP contribution in [-0.2, 0) is 0 Å². The molecule has 0 aromatic heterocycles. The van der Waals surface area contributed by atoms with Crippen LogP contribution in [0.3, 0.4) is 0 Å². The highest BCUT2D eigenvalue weighted by Crippen LogP contribution is 2.34. The fourth-order valence-corrected chi connectivity index (χ4v) is 2.26. The summed E-state index contributed by atoms with van der Waals surface area (Å²) in [6.45, 7) is 6.18. The zero-order valence-electron chi connectivity index (χ0n) is 10.0. The molecular weight excluding hydrogens is 238 g/mol. The van der Waals surface area contributed by atoms with Crippen molar-refractivity contribution in [2.75, 3.05) is 0 Å². The van der Waals surface area contributed by atoms with Gasteiger partial charge in [-0.1, -0.05) is 26.8 Å². The van der Waals surface area contributed by atoms with Gasteiger partial charge in [0, 0.05) is 16.9 Å². The summed E-state index contributed by atoms with van der Waals surface area (Å²) in [5, 5.41) is 11.2. The standard InChI is InChI=1S/C12H15NO3S/c1-8(2)9(3)17-12-5-4-10(7-14)6-11(12)13(15)16/h4-9H,1-3H3. The lowest BCUT2D eigenvalue weighted by Gasteiger charge is -2.14. The first-order chi connectivity index (χ1) is 7.95. The molecule has 1 aromatic rings. The van der Waals surface area contributed by atoms with E-state index in [-0.39, 0.29) is 10.9 Å². The molecule has 0 bridgehead atoms. The molecule has 0 aliphatic carbocycles. The molecule has 5 heteroatoms. The van der Waals surface area contributed by atoms with Gasteiger partial charge in [0.05, 0.1) is 9.82 Å². The van der Waals surface area contributed by atoms with Crippen molar-refractivity contribution in [2.45, 2.75) is 30.9 Å². The van der Waals surface area contributed by atoms with Gasteiger partial charge >= 0.3 is 0 Å². The Kier molecular flexibility index (Phi) is 4.69.